The van der Waals surface area contributed by atoms with E-state index in [1.807, 2.05) is 12.1 Å². The van der Waals surface area contributed by atoms with Crippen LogP contribution in [0.4, 0.5) is 0 Å². The molecule has 2 fully saturated rings. The van der Waals surface area contributed by atoms with Gasteiger partial charge in [0.1, 0.15) is 0 Å². The molecule has 0 atom stereocenters. The number of halogens is 1. The summed E-state index contributed by atoms with van der Waals surface area (Å²) in [5.74, 6) is 0.222. The summed E-state index contributed by atoms with van der Waals surface area (Å²) in [6.07, 6.45) is 8.21. The predicted octanol–water partition coefficient (Wildman–Crippen LogP) is 4.24. The van der Waals surface area contributed by atoms with Gasteiger partial charge in [0.15, 0.2) is 5.78 Å². The maximum atomic E-state index is 12.1. The van der Waals surface area contributed by atoms with Gasteiger partial charge in [0, 0.05) is 0 Å². The number of thiophene rings is 1. The summed E-state index contributed by atoms with van der Waals surface area (Å²) in [6, 6.07) is 3.65. The molecular formula is C15H20ClNOS. The Morgan fingerprint density at radius 2 is 1.89 bits per heavy atom. The molecule has 1 aromatic heterocycles. The Kier molecular flexibility index (Phi) is 3.97. The van der Waals surface area contributed by atoms with Crippen molar-refractivity contribution in [3.63, 3.8) is 0 Å². The van der Waals surface area contributed by atoms with Gasteiger partial charge in [-0.15, -0.1) is 11.3 Å². The molecule has 0 amide bonds. The molecule has 4 heteroatoms. The molecule has 0 radical (unpaired) electrons. The third-order valence-electron chi connectivity index (χ3n) is 4.80. The minimum atomic E-state index is 0.222. The first-order valence-corrected chi connectivity index (χ1v) is 8.37. The van der Waals surface area contributed by atoms with E-state index in [1.54, 1.807) is 0 Å². The SMILES string of the molecule is O=C(CN1CCC2(CCCC2)CC1)c1ccc(Cl)s1. The second-order valence-electron chi connectivity index (χ2n) is 6.01. The van der Waals surface area contributed by atoms with Gasteiger partial charge in [-0.25, -0.2) is 0 Å². The second kappa shape index (κ2) is 5.55. The van der Waals surface area contributed by atoms with Gasteiger partial charge >= 0.3 is 0 Å². The highest BCUT2D eigenvalue weighted by molar-refractivity contribution is 7.18. The average molecular weight is 298 g/mol. The quantitative estimate of drug-likeness (QED) is 0.778. The molecule has 104 valence electrons. The fourth-order valence-electron chi connectivity index (χ4n) is 3.56. The van der Waals surface area contributed by atoms with E-state index in [-0.39, 0.29) is 5.78 Å². The van der Waals surface area contributed by atoms with Crippen molar-refractivity contribution in [3.8, 4) is 0 Å². The van der Waals surface area contributed by atoms with E-state index in [0.29, 0.717) is 16.3 Å². The molecule has 19 heavy (non-hydrogen) atoms. The molecular weight excluding hydrogens is 278 g/mol. The summed E-state index contributed by atoms with van der Waals surface area (Å²) in [7, 11) is 0. The summed E-state index contributed by atoms with van der Waals surface area (Å²) in [6.45, 7) is 2.74. The van der Waals surface area contributed by atoms with Crippen LogP contribution < -0.4 is 0 Å². The fourth-order valence-corrected chi connectivity index (χ4v) is 4.53. The number of rotatable bonds is 3. The lowest BCUT2D eigenvalue weighted by Crippen LogP contribution is -2.41. The zero-order valence-corrected chi connectivity index (χ0v) is 12.7. The number of nitrogens with zero attached hydrogens (tertiary/aromatic N) is 1. The van der Waals surface area contributed by atoms with Crippen molar-refractivity contribution in [3.05, 3.63) is 21.3 Å². The summed E-state index contributed by atoms with van der Waals surface area (Å²) in [4.78, 5) is 15.3. The van der Waals surface area contributed by atoms with Gasteiger partial charge in [0.05, 0.1) is 15.8 Å². The lowest BCUT2D eigenvalue weighted by Gasteiger charge is -2.39. The fraction of sp³-hybridized carbons (Fsp3) is 0.667. The number of hydrogen-bond acceptors (Lipinski definition) is 3. The minimum Gasteiger partial charge on any atom is -0.296 e. The highest BCUT2D eigenvalue weighted by atomic mass is 35.5. The molecule has 0 N–H and O–H groups in total. The van der Waals surface area contributed by atoms with Gasteiger partial charge in [0.25, 0.3) is 0 Å². The van der Waals surface area contributed by atoms with Crippen molar-refractivity contribution in [2.24, 2.45) is 5.41 Å². The number of likely N-dealkylation sites (tertiary alicyclic amines) is 1. The second-order valence-corrected chi connectivity index (χ2v) is 7.73. The van der Waals surface area contributed by atoms with Gasteiger partial charge in [0.2, 0.25) is 0 Å². The lowest BCUT2D eigenvalue weighted by molar-refractivity contribution is 0.0800. The summed E-state index contributed by atoms with van der Waals surface area (Å²) >= 11 is 7.27. The number of carbonyl (C=O) groups is 1. The number of piperidine rings is 1. The van der Waals surface area contributed by atoms with Crippen LogP contribution in [0.5, 0.6) is 0 Å². The Morgan fingerprint density at radius 3 is 2.47 bits per heavy atom. The van der Waals surface area contributed by atoms with E-state index < -0.39 is 0 Å². The molecule has 0 aromatic carbocycles. The third-order valence-corrected chi connectivity index (χ3v) is 6.07. The Hall–Kier alpha value is -0.380. The van der Waals surface area contributed by atoms with Crippen LogP contribution in [0, 0.1) is 5.41 Å². The lowest BCUT2D eigenvalue weighted by atomic mass is 9.77. The highest BCUT2D eigenvalue weighted by Crippen LogP contribution is 2.46. The van der Waals surface area contributed by atoms with Crippen LogP contribution in [0.15, 0.2) is 12.1 Å². The maximum absolute atomic E-state index is 12.1. The van der Waals surface area contributed by atoms with Crippen LogP contribution in [0.2, 0.25) is 4.34 Å². The molecule has 2 heterocycles. The number of Topliss-reactive ketones (excluding diaryl/α,β-unsaturated/α-hetero) is 1. The standard InChI is InChI=1S/C15H20ClNOS/c16-14-4-3-13(19-14)12(18)11-17-9-7-15(8-10-17)5-1-2-6-15/h3-4H,1-2,5-11H2. The number of ketones is 1. The van der Waals surface area contributed by atoms with E-state index in [2.05, 4.69) is 4.90 Å². The largest absolute Gasteiger partial charge is 0.296 e. The van der Waals surface area contributed by atoms with Crippen LogP contribution in [0.3, 0.4) is 0 Å². The zero-order valence-electron chi connectivity index (χ0n) is 11.2. The van der Waals surface area contributed by atoms with E-state index in [0.717, 1.165) is 18.0 Å². The Balaban J connectivity index is 1.53. The van der Waals surface area contributed by atoms with Gasteiger partial charge in [-0.1, -0.05) is 24.4 Å². The maximum Gasteiger partial charge on any atom is 0.186 e. The molecule has 2 nitrogen and oxygen atoms in total. The van der Waals surface area contributed by atoms with E-state index >= 15 is 0 Å². The summed E-state index contributed by atoms with van der Waals surface area (Å²) in [5, 5.41) is 0. The van der Waals surface area contributed by atoms with Crippen LogP contribution in [0.25, 0.3) is 0 Å². The molecule has 1 saturated heterocycles. The molecule has 2 aliphatic rings. The van der Waals surface area contributed by atoms with Crippen molar-refractivity contribution >= 4 is 28.7 Å². The van der Waals surface area contributed by atoms with Crippen molar-refractivity contribution in [2.45, 2.75) is 38.5 Å². The zero-order chi connectivity index (χ0) is 13.3. The van der Waals surface area contributed by atoms with Gasteiger partial charge in [-0.05, 0) is 56.3 Å². The molecule has 1 aliphatic heterocycles. The number of carbonyl (C=O) groups excluding carboxylic acids is 1. The first kappa shape index (κ1) is 13.6. The van der Waals surface area contributed by atoms with Crippen LogP contribution in [-0.4, -0.2) is 30.3 Å². The minimum absolute atomic E-state index is 0.222. The summed E-state index contributed by atoms with van der Waals surface area (Å²) in [5.41, 5.74) is 0.631. The van der Waals surface area contributed by atoms with Crippen molar-refractivity contribution in [1.82, 2.24) is 4.90 Å². The van der Waals surface area contributed by atoms with Crippen LogP contribution >= 0.6 is 22.9 Å². The van der Waals surface area contributed by atoms with Gasteiger partial charge in [-0.3, -0.25) is 9.69 Å². The molecule has 1 saturated carbocycles. The Morgan fingerprint density at radius 1 is 1.21 bits per heavy atom. The smallest absolute Gasteiger partial charge is 0.186 e. The Labute approximate surface area is 123 Å². The monoisotopic (exact) mass is 297 g/mol. The molecule has 1 aliphatic carbocycles. The first-order chi connectivity index (χ1) is 9.17. The molecule has 1 spiro atoms. The first-order valence-electron chi connectivity index (χ1n) is 7.18. The van der Waals surface area contributed by atoms with Crippen LogP contribution in [-0.2, 0) is 0 Å². The molecule has 1 aromatic rings. The molecule has 3 rings (SSSR count). The normalized spacial score (nSPS) is 23.0. The van der Waals surface area contributed by atoms with E-state index in [9.17, 15) is 4.79 Å². The van der Waals surface area contributed by atoms with E-state index in [4.69, 9.17) is 11.6 Å². The van der Waals surface area contributed by atoms with Gasteiger partial charge in [-0.2, -0.15) is 0 Å². The molecule has 0 unspecified atom stereocenters. The molecule has 0 bridgehead atoms. The van der Waals surface area contributed by atoms with Crippen LogP contribution in [0.1, 0.15) is 48.2 Å². The average Bonchev–Trinajstić information content (AvgIpc) is 3.02. The van der Waals surface area contributed by atoms with Gasteiger partial charge < -0.3 is 0 Å². The topological polar surface area (TPSA) is 20.3 Å². The summed E-state index contributed by atoms with van der Waals surface area (Å²) < 4.78 is 0.701. The number of hydrogen-bond donors (Lipinski definition) is 0. The van der Waals surface area contributed by atoms with Crippen molar-refractivity contribution < 1.29 is 4.79 Å². The third kappa shape index (κ3) is 3.04. The van der Waals surface area contributed by atoms with E-state index in [1.165, 1.54) is 49.9 Å². The van der Waals surface area contributed by atoms with Crippen molar-refractivity contribution in [1.29, 1.82) is 0 Å². The van der Waals surface area contributed by atoms with Crippen molar-refractivity contribution in [2.75, 3.05) is 19.6 Å². The highest BCUT2D eigenvalue weighted by Gasteiger charge is 2.37. The Bertz CT molecular complexity index is 454. The predicted molar refractivity (Wildman–Crippen MR) is 80.2 cm³/mol.